The summed E-state index contributed by atoms with van der Waals surface area (Å²) in [6.45, 7) is 5.24. The van der Waals surface area contributed by atoms with E-state index in [9.17, 15) is 0 Å². The van der Waals surface area contributed by atoms with E-state index in [-0.39, 0.29) is 0 Å². The highest BCUT2D eigenvalue weighted by molar-refractivity contribution is 6.33. The Bertz CT molecular complexity index is 460. The summed E-state index contributed by atoms with van der Waals surface area (Å²) in [6.07, 6.45) is 6.87. The lowest BCUT2D eigenvalue weighted by Gasteiger charge is -2.41. The number of nitrogens with one attached hydrogen (secondary N) is 1. The lowest BCUT2D eigenvalue weighted by Crippen LogP contribution is -2.43. The van der Waals surface area contributed by atoms with Crippen LogP contribution in [0.1, 0.15) is 44.6 Å². The quantitative estimate of drug-likeness (QED) is 0.894. The van der Waals surface area contributed by atoms with E-state index < -0.39 is 0 Å². The molecule has 2 fully saturated rings. The minimum absolute atomic E-state index is 0.726. The highest BCUT2D eigenvalue weighted by atomic mass is 35.5. The zero-order valence-corrected chi connectivity index (χ0v) is 13.1. The van der Waals surface area contributed by atoms with Gasteiger partial charge in [0.15, 0.2) is 0 Å². The molecule has 1 heterocycles. The minimum Gasteiger partial charge on any atom is -0.367 e. The van der Waals surface area contributed by atoms with Gasteiger partial charge in [0, 0.05) is 19.1 Å². The van der Waals surface area contributed by atoms with Gasteiger partial charge in [-0.25, -0.2) is 0 Å². The second-order valence-corrected chi connectivity index (χ2v) is 6.53. The molecule has 0 spiro atoms. The Labute approximate surface area is 127 Å². The normalized spacial score (nSPS) is 25.8. The van der Waals surface area contributed by atoms with Gasteiger partial charge in [-0.1, -0.05) is 37.1 Å². The number of hydrogen-bond acceptors (Lipinski definition) is 2. The molecular formula is C17H25ClN2. The fraction of sp³-hybridized carbons (Fsp3) is 0.647. The monoisotopic (exact) mass is 292 g/mol. The molecule has 3 heteroatoms. The minimum atomic E-state index is 0.726. The lowest BCUT2D eigenvalue weighted by molar-refractivity contribution is 0.362. The van der Waals surface area contributed by atoms with Crippen LogP contribution in [0.5, 0.6) is 0 Å². The molecule has 3 rings (SSSR count). The van der Waals surface area contributed by atoms with Gasteiger partial charge in [-0.2, -0.15) is 0 Å². The van der Waals surface area contributed by atoms with Gasteiger partial charge in [0.1, 0.15) is 0 Å². The van der Waals surface area contributed by atoms with Crippen LogP contribution in [0.2, 0.25) is 5.02 Å². The first-order valence-corrected chi connectivity index (χ1v) is 8.43. The Balaban J connectivity index is 1.91. The molecule has 0 aromatic heterocycles. The molecule has 2 nitrogen and oxygen atoms in total. The van der Waals surface area contributed by atoms with E-state index in [4.69, 9.17) is 11.6 Å². The predicted molar refractivity (Wildman–Crippen MR) is 86.5 cm³/mol. The molecule has 20 heavy (non-hydrogen) atoms. The van der Waals surface area contributed by atoms with Crippen LogP contribution in [0, 0.1) is 5.92 Å². The average molecular weight is 293 g/mol. The molecule has 110 valence electrons. The number of benzene rings is 1. The topological polar surface area (TPSA) is 15.3 Å². The van der Waals surface area contributed by atoms with E-state index in [1.165, 1.54) is 49.9 Å². The number of hydrogen-bond donors (Lipinski definition) is 1. The van der Waals surface area contributed by atoms with Crippen molar-refractivity contribution < 1.29 is 0 Å². The van der Waals surface area contributed by atoms with Gasteiger partial charge in [-0.3, -0.25) is 0 Å². The van der Waals surface area contributed by atoms with Crippen molar-refractivity contribution in [1.29, 1.82) is 0 Å². The van der Waals surface area contributed by atoms with Gasteiger partial charge < -0.3 is 10.2 Å². The van der Waals surface area contributed by atoms with Crippen LogP contribution in [0.4, 0.5) is 5.69 Å². The molecule has 0 radical (unpaired) electrons. The first-order chi connectivity index (χ1) is 9.81. The van der Waals surface area contributed by atoms with Crippen molar-refractivity contribution >= 4 is 17.3 Å². The smallest absolute Gasteiger partial charge is 0.0643 e. The number of rotatable bonds is 4. The third-order valence-electron chi connectivity index (χ3n) is 4.92. The van der Waals surface area contributed by atoms with E-state index in [1.807, 2.05) is 6.07 Å². The van der Waals surface area contributed by atoms with Crippen LogP contribution in [0.15, 0.2) is 18.2 Å². The predicted octanol–water partition coefficient (Wildman–Crippen LogP) is 4.22. The standard InChI is InChI=1S/C17H25ClN2/c1-2-19-12-14-7-3-9-15(18)17(14)20-11-5-8-13-6-4-10-16(13)20/h3,7,9,13,16,19H,2,4-6,8,10-12H2,1H3. The third kappa shape index (κ3) is 2.68. The molecule has 1 saturated heterocycles. The van der Waals surface area contributed by atoms with E-state index in [2.05, 4.69) is 29.3 Å². The van der Waals surface area contributed by atoms with Crippen LogP contribution in [0.25, 0.3) is 0 Å². The van der Waals surface area contributed by atoms with Crippen molar-refractivity contribution in [2.24, 2.45) is 5.92 Å². The fourth-order valence-corrected chi connectivity index (χ4v) is 4.32. The molecule has 1 aliphatic carbocycles. The first kappa shape index (κ1) is 14.2. The highest BCUT2D eigenvalue weighted by Crippen LogP contribution is 2.42. The Hall–Kier alpha value is -0.730. The molecule has 1 N–H and O–H groups in total. The van der Waals surface area contributed by atoms with Crippen LogP contribution in [-0.4, -0.2) is 19.1 Å². The zero-order chi connectivity index (χ0) is 13.9. The molecule has 2 atom stereocenters. The van der Waals surface area contributed by atoms with Crippen molar-refractivity contribution in [3.63, 3.8) is 0 Å². The van der Waals surface area contributed by atoms with Crippen molar-refractivity contribution in [1.82, 2.24) is 5.32 Å². The van der Waals surface area contributed by atoms with Crippen LogP contribution >= 0.6 is 11.6 Å². The second kappa shape index (κ2) is 6.36. The molecule has 1 aromatic carbocycles. The summed E-state index contributed by atoms with van der Waals surface area (Å²) in [4.78, 5) is 2.62. The zero-order valence-electron chi connectivity index (χ0n) is 12.4. The number of para-hydroxylation sites is 1. The molecular weight excluding hydrogens is 268 g/mol. The summed E-state index contributed by atoms with van der Waals surface area (Å²) in [6, 6.07) is 7.08. The fourth-order valence-electron chi connectivity index (χ4n) is 4.02. The summed E-state index contributed by atoms with van der Waals surface area (Å²) in [5.41, 5.74) is 2.65. The molecule has 0 amide bonds. The Morgan fingerprint density at radius 1 is 1.25 bits per heavy atom. The van der Waals surface area contributed by atoms with Gasteiger partial charge in [-0.05, 0) is 49.8 Å². The van der Waals surface area contributed by atoms with Crippen molar-refractivity contribution in [2.45, 2.75) is 51.6 Å². The van der Waals surface area contributed by atoms with Gasteiger partial charge in [0.05, 0.1) is 10.7 Å². The molecule has 1 aromatic rings. The average Bonchev–Trinajstić information content (AvgIpc) is 2.94. The third-order valence-corrected chi connectivity index (χ3v) is 5.22. The van der Waals surface area contributed by atoms with Crippen molar-refractivity contribution in [3.05, 3.63) is 28.8 Å². The molecule has 2 aliphatic rings. The van der Waals surface area contributed by atoms with Crippen LogP contribution in [-0.2, 0) is 6.54 Å². The summed E-state index contributed by atoms with van der Waals surface area (Å²) < 4.78 is 0. The van der Waals surface area contributed by atoms with E-state index in [1.54, 1.807) is 0 Å². The van der Waals surface area contributed by atoms with Gasteiger partial charge in [0.25, 0.3) is 0 Å². The van der Waals surface area contributed by atoms with Gasteiger partial charge in [-0.15, -0.1) is 0 Å². The molecule has 2 unspecified atom stereocenters. The summed E-state index contributed by atoms with van der Waals surface area (Å²) in [5, 5.41) is 4.37. The number of anilines is 1. The van der Waals surface area contributed by atoms with Crippen LogP contribution < -0.4 is 10.2 Å². The van der Waals surface area contributed by atoms with Gasteiger partial charge in [0.2, 0.25) is 0 Å². The second-order valence-electron chi connectivity index (χ2n) is 6.12. The Kier molecular flexibility index (Phi) is 4.52. The maximum absolute atomic E-state index is 6.56. The lowest BCUT2D eigenvalue weighted by atomic mass is 9.91. The maximum atomic E-state index is 6.56. The first-order valence-electron chi connectivity index (χ1n) is 8.06. The SMILES string of the molecule is CCNCc1cccc(Cl)c1N1CCCC2CCCC21. The molecule has 1 aliphatic heterocycles. The Morgan fingerprint density at radius 2 is 2.10 bits per heavy atom. The summed E-state index contributed by atoms with van der Waals surface area (Å²) in [7, 11) is 0. The molecule has 0 bridgehead atoms. The summed E-state index contributed by atoms with van der Waals surface area (Å²) >= 11 is 6.56. The van der Waals surface area contributed by atoms with E-state index >= 15 is 0 Å². The van der Waals surface area contributed by atoms with Crippen LogP contribution in [0.3, 0.4) is 0 Å². The summed E-state index contributed by atoms with van der Waals surface area (Å²) in [5.74, 6) is 0.895. The number of nitrogens with zero attached hydrogens (tertiary/aromatic N) is 1. The van der Waals surface area contributed by atoms with E-state index in [0.29, 0.717) is 0 Å². The van der Waals surface area contributed by atoms with E-state index in [0.717, 1.165) is 30.1 Å². The molecule has 1 saturated carbocycles. The highest BCUT2D eigenvalue weighted by Gasteiger charge is 2.36. The number of piperidine rings is 1. The Morgan fingerprint density at radius 3 is 2.95 bits per heavy atom. The van der Waals surface area contributed by atoms with Gasteiger partial charge >= 0.3 is 0 Å². The maximum Gasteiger partial charge on any atom is 0.0643 e. The largest absolute Gasteiger partial charge is 0.367 e. The van der Waals surface area contributed by atoms with Crippen molar-refractivity contribution in [2.75, 3.05) is 18.0 Å². The van der Waals surface area contributed by atoms with Crippen molar-refractivity contribution in [3.8, 4) is 0 Å². The number of fused-ring (bicyclic) bond motifs is 1. The number of halogens is 1.